The molecule has 2 aromatic rings. The molecule has 1 aliphatic rings. The van der Waals surface area contributed by atoms with Gasteiger partial charge in [0.15, 0.2) is 0 Å². The molecule has 0 saturated carbocycles. The Labute approximate surface area is 110 Å². The number of aryl methyl sites for hydroxylation is 1. The highest BCUT2D eigenvalue weighted by Gasteiger charge is 2.19. The molecule has 2 heterocycles. The fourth-order valence-corrected chi connectivity index (χ4v) is 2.86. The zero-order chi connectivity index (χ0) is 12.5. The first-order chi connectivity index (χ1) is 8.74. The lowest BCUT2D eigenvalue weighted by Crippen LogP contribution is -2.29. The van der Waals surface area contributed by atoms with E-state index >= 15 is 0 Å². The molecule has 2 N–H and O–H groups in total. The molecule has 0 atom stereocenters. The fraction of sp³-hybridized carbons (Fsp3) is 0.308. The van der Waals surface area contributed by atoms with E-state index in [0.29, 0.717) is 11.1 Å². The second-order valence-electron chi connectivity index (χ2n) is 4.37. The van der Waals surface area contributed by atoms with Gasteiger partial charge < -0.3 is 10.5 Å². The van der Waals surface area contributed by atoms with Crippen LogP contribution in [0.5, 0.6) is 0 Å². The van der Waals surface area contributed by atoms with Gasteiger partial charge in [0, 0.05) is 17.5 Å². The quantitative estimate of drug-likeness (QED) is 0.920. The molecule has 4 nitrogen and oxygen atoms in total. The molecule has 1 fully saturated rings. The van der Waals surface area contributed by atoms with E-state index in [1.807, 2.05) is 18.8 Å². The first-order valence-electron chi connectivity index (χ1n) is 5.86. The van der Waals surface area contributed by atoms with E-state index in [2.05, 4.69) is 29.4 Å². The number of nitrogens with two attached hydrogens (primary N) is 1. The average Bonchev–Trinajstić information content (AvgIpc) is 2.66. The molecule has 5 heteroatoms. The highest BCUT2D eigenvalue weighted by Crippen LogP contribution is 2.31. The molecule has 0 bridgehead atoms. The molecule has 1 aliphatic heterocycles. The number of ether oxygens (including phenoxy) is 1. The van der Waals surface area contributed by atoms with Crippen molar-refractivity contribution in [1.82, 2.24) is 9.78 Å². The SMILES string of the molecule is Cn1ncc(-c2ccc(SC3COC3)cc2)c1N. The van der Waals surface area contributed by atoms with Crippen molar-refractivity contribution in [1.29, 1.82) is 0 Å². The van der Waals surface area contributed by atoms with Crippen LogP contribution in [0.1, 0.15) is 0 Å². The third-order valence-corrected chi connectivity index (χ3v) is 4.21. The summed E-state index contributed by atoms with van der Waals surface area (Å²) in [5.74, 6) is 0.697. The Kier molecular flexibility index (Phi) is 3.01. The largest absolute Gasteiger partial charge is 0.383 e. The van der Waals surface area contributed by atoms with Crippen LogP contribution in [0.15, 0.2) is 35.4 Å². The summed E-state index contributed by atoms with van der Waals surface area (Å²) in [6, 6.07) is 8.44. The molecule has 0 amide bonds. The lowest BCUT2D eigenvalue weighted by molar-refractivity contribution is 0.0455. The van der Waals surface area contributed by atoms with Gasteiger partial charge in [-0.1, -0.05) is 12.1 Å². The van der Waals surface area contributed by atoms with Crippen molar-refractivity contribution in [3.63, 3.8) is 0 Å². The monoisotopic (exact) mass is 261 g/mol. The summed E-state index contributed by atoms with van der Waals surface area (Å²) >= 11 is 1.87. The topological polar surface area (TPSA) is 53.1 Å². The molecule has 0 radical (unpaired) electrons. The minimum atomic E-state index is 0.610. The van der Waals surface area contributed by atoms with Gasteiger partial charge >= 0.3 is 0 Å². The number of nitrogen functional groups attached to an aromatic ring is 1. The third-order valence-electron chi connectivity index (χ3n) is 3.06. The Morgan fingerprint density at radius 2 is 2.06 bits per heavy atom. The summed E-state index contributed by atoms with van der Waals surface area (Å²) in [6.07, 6.45) is 1.80. The van der Waals surface area contributed by atoms with Gasteiger partial charge in [0.05, 0.1) is 24.7 Å². The molecule has 1 aromatic heterocycles. The number of benzene rings is 1. The van der Waals surface area contributed by atoms with Gasteiger partial charge in [-0.05, 0) is 17.7 Å². The first kappa shape index (κ1) is 11.6. The van der Waals surface area contributed by atoms with Crippen LogP contribution < -0.4 is 5.73 Å². The number of anilines is 1. The number of aromatic nitrogens is 2. The van der Waals surface area contributed by atoms with Gasteiger partial charge in [0.2, 0.25) is 0 Å². The highest BCUT2D eigenvalue weighted by atomic mass is 32.2. The minimum Gasteiger partial charge on any atom is -0.383 e. The second-order valence-corrected chi connectivity index (χ2v) is 5.74. The third kappa shape index (κ3) is 2.11. The van der Waals surface area contributed by atoms with Gasteiger partial charge in [-0.2, -0.15) is 5.10 Å². The average molecular weight is 261 g/mol. The molecule has 1 saturated heterocycles. The van der Waals surface area contributed by atoms with E-state index in [1.54, 1.807) is 10.9 Å². The summed E-state index contributed by atoms with van der Waals surface area (Å²) in [5.41, 5.74) is 8.06. The molecule has 0 unspecified atom stereocenters. The molecule has 1 aromatic carbocycles. The summed E-state index contributed by atoms with van der Waals surface area (Å²) in [4.78, 5) is 1.27. The van der Waals surface area contributed by atoms with E-state index in [-0.39, 0.29) is 0 Å². The van der Waals surface area contributed by atoms with Crippen LogP contribution in [0.3, 0.4) is 0 Å². The van der Waals surface area contributed by atoms with Crippen molar-refractivity contribution < 1.29 is 4.74 Å². The lowest BCUT2D eigenvalue weighted by atomic mass is 10.1. The van der Waals surface area contributed by atoms with Gasteiger partial charge in [0.1, 0.15) is 5.82 Å². The maximum atomic E-state index is 5.96. The van der Waals surface area contributed by atoms with Crippen molar-refractivity contribution in [2.24, 2.45) is 7.05 Å². The smallest absolute Gasteiger partial charge is 0.129 e. The molecule has 94 valence electrons. The summed E-state index contributed by atoms with van der Waals surface area (Å²) < 4.78 is 6.85. The number of hydrogen-bond acceptors (Lipinski definition) is 4. The van der Waals surface area contributed by atoms with Crippen LogP contribution in [-0.2, 0) is 11.8 Å². The molecule has 3 rings (SSSR count). The van der Waals surface area contributed by atoms with Crippen molar-refractivity contribution in [2.75, 3.05) is 18.9 Å². The molecule has 0 aliphatic carbocycles. The van der Waals surface area contributed by atoms with Crippen molar-refractivity contribution in [2.45, 2.75) is 10.1 Å². The zero-order valence-corrected chi connectivity index (χ0v) is 11.0. The van der Waals surface area contributed by atoms with E-state index in [0.717, 1.165) is 24.3 Å². The van der Waals surface area contributed by atoms with E-state index < -0.39 is 0 Å². The molecule has 0 spiro atoms. The van der Waals surface area contributed by atoms with Crippen molar-refractivity contribution >= 4 is 17.6 Å². The summed E-state index contributed by atoms with van der Waals surface area (Å²) in [5, 5.41) is 4.77. The van der Waals surface area contributed by atoms with Crippen molar-refractivity contribution in [3.8, 4) is 11.1 Å². The van der Waals surface area contributed by atoms with Gasteiger partial charge in [0.25, 0.3) is 0 Å². The number of hydrogen-bond donors (Lipinski definition) is 1. The number of nitrogens with zero attached hydrogens (tertiary/aromatic N) is 2. The zero-order valence-electron chi connectivity index (χ0n) is 10.2. The van der Waals surface area contributed by atoms with Crippen LogP contribution >= 0.6 is 11.8 Å². The molecular weight excluding hydrogens is 246 g/mol. The standard InChI is InChI=1S/C13H15N3OS/c1-16-13(14)12(6-15-16)9-2-4-10(5-3-9)18-11-7-17-8-11/h2-6,11H,7-8,14H2,1H3. The summed E-state index contributed by atoms with van der Waals surface area (Å²) in [6.45, 7) is 1.73. The summed E-state index contributed by atoms with van der Waals surface area (Å²) in [7, 11) is 1.85. The maximum Gasteiger partial charge on any atom is 0.129 e. The molecule has 18 heavy (non-hydrogen) atoms. The van der Waals surface area contributed by atoms with Crippen LogP contribution in [0.4, 0.5) is 5.82 Å². The Morgan fingerprint density at radius 1 is 1.33 bits per heavy atom. The fourth-order valence-electron chi connectivity index (χ4n) is 1.86. The maximum absolute atomic E-state index is 5.96. The second kappa shape index (κ2) is 4.66. The predicted molar refractivity (Wildman–Crippen MR) is 73.5 cm³/mol. The lowest BCUT2D eigenvalue weighted by Gasteiger charge is -2.25. The van der Waals surface area contributed by atoms with Gasteiger partial charge in [-0.15, -0.1) is 11.8 Å². The van der Waals surface area contributed by atoms with Crippen LogP contribution in [0.2, 0.25) is 0 Å². The van der Waals surface area contributed by atoms with Crippen molar-refractivity contribution in [3.05, 3.63) is 30.5 Å². The van der Waals surface area contributed by atoms with Crippen LogP contribution in [-0.4, -0.2) is 28.2 Å². The van der Waals surface area contributed by atoms with Crippen LogP contribution in [0, 0.1) is 0 Å². The molecular formula is C13H15N3OS. The van der Waals surface area contributed by atoms with Gasteiger partial charge in [-0.3, -0.25) is 4.68 Å². The van der Waals surface area contributed by atoms with E-state index in [4.69, 9.17) is 10.5 Å². The highest BCUT2D eigenvalue weighted by molar-refractivity contribution is 8.00. The van der Waals surface area contributed by atoms with E-state index in [9.17, 15) is 0 Å². The number of thioether (sulfide) groups is 1. The Hall–Kier alpha value is -1.46. The predicted octanol–water partition coefficient (Wildman–Crippen LogP) is 2.16. The Morgan fingerprint density at radius 3 is 2.56 bits per heavy atom. The number of rotatable bonds is 3. The minimum absolute atomic E-state index is 0.610. The first-order valence-corrected chi connectivity index (χ1v) is 6.74. The van der Waals surface area contributed by atoms with Crippen LogP contribution in [0.25, 0.3) is 11.1 Å². The Bertz CT molecular complexity index is 546. The Balaban J connectivity index is 1.79. The van der Waals surface area contributed by atoms with Gasteiger partial charge in [-0.25, -0.2) is 0 Å². The normalized spacial score (nSPS) is 15.6. The van der Waals surface area contributed by atoms with E-state index in [1.165, 1.54) is 4.90 Å².